The molecule has 0 aromatic heterocycles. The highest BCUT2D eigenvalue weighted by atomic mass is 35.5. The van der Waals surface area contributed by atoms with Gasteiger partial charge >= 0.3 is 0 Å². The number of ether oxygens (including phenoxy) is 2. The van der Waals surface area contributed by atoms with E-state index in [-0.39, 0.29) is 6.61 Å². The molecule has 3 aromatic carbocycles. The molecular formula is C21H17Cl3N2O2. The maximum absolute atomic E-state index is 6.18. The van der Waals surface area contributed by atoms with Gasteiger partial charge in [0.2, 0.25) is 0 Å². The van der Waals surface area contributed by atoms with Gasteiger partial charge in [-0.2, -0.15) is 5.10 Å². The van der Waals surface area contributed by atoms with Gasteiger partial charge in [-0.3, -0.25) is 5.43 Å². The van der Waals surface area contributed by atoms with Crippen LogP contribution in [0.3, 0.4) is 0 Å². The van der Waals surface area contributed by atoms with E-state index in [1.54, 1.807) is 25.5 Å². The predicted octanol–water partition coefficient (Wildman–Crippen LogP) is 6.68. The van der Waals surface area contributed by atoms with Crippen LogP contribution in [-0.2, 0) is 6.61 Å². The molecule has 0 aliphatic carbocycles. The summed E-state index contributed by atoms with van der Waals surface area (Å²) < 4.78 is 11.2. The zero-order valence-corrected chi connectivity index (χ0v) is 17.2. The van der Waals surface area contributed by atoms with Crippen LogP contribution >= 0.6 is 34.8 Å². The van der Waals surface area contributed by atoms with Crippen molar-refractivity contribution in [2.24, 2.45) is 5.10 Å². The van der Waals surface area contributed by atoms with E-state index in [1.165, 1.54) is 0 Å². The zero-order valence-electron chi connectivity index (χ0n) is 15.0. The number of hydrogen-bond acceptors (Lipinski definition) is 4. The van der Waals surface area contributed by atoms with E-state index < -0.39 is 0 Å². The lowest BCUT2D eigenvalue weighted by Crippen LogP contribution is -2.01. The molecule has 0 heterocycles. The number of benzene rings is 3. The third-order valence-corrected chi connectivity index (χ3v) is 4.60. The Hall–Kier alpha value is -2.40. The first-order valence-electron chi connectivity index (χ1n) is 8.35. The minimum absolute atomic E-state index is 0.220. The van der Waals surface area contributed by atoms with Gasteiger partial charge in [0.15, 0.2) is 5.75 Å². The minimum Gasteiger partial charge on any atom is -0.496 e. The predicted molar refractivity (Wildman–Crippen MR) is 116 cm³/mol. The van der Waals surface area contributed by atoms with Crippen molar-refractivity contribution in [3.8, 4) is 11.5 Å². The Bertz CT molecular complexity index is 956. The number of nitrogens with one attached hydrogen (secondary N) is 1. The Morgan fingerprint density at radius 3 is 2.36 bits per heavy atom. The summed E-state index contributed by atoms with van der Waals surface area (Å²) in [5.74, 6) is 1.06. The second-order valence-corrected chi connectivity index (χ2v) is 7.05. The van der Waals surface area contributed by atoms with Gasteiger partial charge in [0.1, 0.15) is 12.4 Å². The largest absolute Gasteiger partial charge is 0.496 e. The number of nitrogens with zero attached hydrogens (tertiary/aromatic N) is 1. The molecule has 0 atom stereocenters. The molecule has 0 aliphatic rings. The highest BCUT2D eigenvalue weighted by Crippen LogP contribution is 2.36. The molecule has 0 saturated carbocycles. The van der Waals surface area contributed by atoms with Crippen LogP contribution in [0.4, 0.5) is 5.69 Å². The number of hydrazone groups is 1. The van der Waals surface area contributed by atoms with Crippen molar-refractivity contribution < 1.29 is 9.47 Å². The lowest BCUT2D eigenvalue weighted by molar-refractivity contribution is 0.297. The molecule has 3 aromatic rings. The van der Waals surface area contributed by atoms with Gasteiger partial charge < -0.3 is 9.47 Å². The van der Waals surface area contributed by atoms with Crippen molar-refractivity contribution in [2.75, 3.05) is 12.5 Å². The molecule has 0 aliphatic heterocycles. The second-order valence-electron chi connectivity index (χ2n) is 5.79. The van der Waals surface area contributed by atoms with Crippen LogP contribution in [0.1, 0.15) is 11.1 Å². The molecule has 1 N–H and O–H groups in total. The Morgan fingerprint density at radius 1 is 0.964 bits per heavy atom. The van der Waals surface area contributed by atoms with Crippen LogP contribution in [0.2, 0.25) is 15.1 Å². The fourth-order valence-electron chi connectivity index (χ4n) is 2.50. The first-order valence-corrected chi connectivity index (χ1v) is 9.48. The molecule has 0 saturated heterocycles. The molecule has 3 rings (SSSR count). The van der Waals surface area contributed by atoms with Crippen LogP contribution in [0.25, 0.3) is 0 Å². The minimum atomic E-state index is 0.220. The van der Waals surface area contributed by atoms with Gasteiger partial charge in [-0.05, 0) is 48.0 Å². The van der Waals surface area contributed by atoms with Crippen LogP contribution < -0.4 is 14.9 Å². The van der Waals surface area contributed by atoms with E-state index in [4.69, 9.17) is 44.3 Å². The Kier molecular flexibility index (Phi) is 7.04. The monoisotopic (exact) mass is 434 g/mol. The number of hydrogen-bond donors (Lipinski definition) is 1. The summed E-state index contributed by atoms with van der Waals surface area (Å²) >= 11 is 18.3. The van der Waals surface area contributed by atoms with Gasteiger partial charge in [-0.25, -0.2) is 0 Å². The van der Waals surface area contributed by atoms with E-state index >= 15 is 0 Å². The average molecular weight is 436 g/mol. The van der Waals surface area contributed by atoms with Crippen molar-refractivity contribution in [1.82, 2.24) is 0 Å². The fraction of sp³-hybridized carbons (Fsp3) is 0.0952. The van der Waals surface area contributed by atoms with Crippen molar-refractivity contribution in [3.63, 3.8) is 0 Å². The van der Waals surface area contributed by atoms with Crippen molar-refractivity contribution in [3.05, 3.63) is 86.9 Å². The van der Waals surface area contributed by atoms with E-state index in [0.29, 0.717) is 26.6 Å². The summed E-state index contributed by atoms with van der Waals surface area (Å²) in [7, 11) is 1.60. The zero-order chi connectivity index (χ0) is 19.9. The number of anilines is 1. The Morgan fingerprint density at radius 2 is 1.68 bits per heavy atom. The van der Waals surface area contributed by atoms with E-state index in [2.05, 4.69) is 10.5 Å². The van der Waals surface area contributed by atoms with Crippen molar-refractivity contribution in [1.29, 1.82) is 0 Å². The molecule has 0 spiro atoms. The standard InChI is InChI=1S/C21H17Cl3N2O2/c1-27-20-8-7-14(12-25-26-17-5-3-2-4-6-17)9-15(20)13-28-21-18(23)10-16(22)11-19(21)24/h2-12,26H,13H2,1H3. The fourth-order valence-corrected chi connectivity index (χ4v) is 3.43. The van der Waals surface area contributed by atoms with Crippen LogP contribution in [0, 0.1) is 0 Å². The molecule has 28 heavy (non-hydrogen) atoms. The summed E-state index contributed by atoms with van der Waals surface area (Å²) in [6, 6.07) is 18.5. The molecule has 144 valence electrons. The second kappa shape index (κ2) is 9.69. The summed E-state index contributed by atoms with van der Waals surface area (Å²) in [6.07, 6.45) is 1.72. The van der Waals surface area contributed by atoms with Gasteiger partial charge in [-0.1, -0.05) is 53.0 Å². The molecule has 7 heteroatoms. The molecule has 4 nitrogen and oxygen atoms in total. The summed E-state index contributed by atoms with van der Waals surface area (Å²) in [4.78, 5) is 0. The maximum atomic E-state index is 6.18. The van der Waals surface area contributed by atoms with Gasteiger partial charge in [0, 0.05) is 10.6 Å². The first-order chi connectivity index (χ1) is 13.6. The molecule has 0 unspecified atom stereocenters. The Labute approximate surface area is 178 Å². The molecule has 0 radical (unpaired) electrons. The highest BCUT2D eigenvalue weighted by Gasteiger charge is 2.11. The number of halogens is 3. The van der Waals surface area contributed by atoms with Gasteiger partial charge in [0.05, 0.1) is 29.1 Å². The normalized spacial score (nSPS) is 10.9. The molecule has 0 amide bonds. The first kappa shape index (κ1) is 20.3. The maximum Gasteiger partial charge on any atom is 0.157 e. The molecule has 0 fully saturated rings. The highest BCUT2D eigenvalue weighted by molar-refractivity contribution is 6.40. The third-order valence-electron chi connectivity index (χ3n) is 3.82. The summed E-state index contributed by atoms with van der Waals surface area (Å²) in [6.45, 7) is 0.220. The van der Waals surface area contributed by atoms with Crippen LogP contribution in [-0.4, -0.2) is 13.3 Å². The van der Waals surface area contributed by atoms with Crippen molar-refractivity contribution in [2.45, 2.75) is 6.61 Å². The van der Waals surface area contributed by atoms with Crippen LogP contribution in [0.15, 0.2) is 65.8 Å². The average Bonchev–Trinajstić information content (AvgIpc) is 2.68. The third kappa shape index (κ3) is 5.32. The lowest BCUT2D eigenvalue weighted by atomic mass is 10.1. The SMILES string of the molecule is COc1ccc(C=NNc2ccccc2)cc1COc1c(Cl)cc(Cl)cc1Cl. The lowest BCUT2D eigenvalue weighted by Gasteiger charge is -2.13. The van der Waals surface area contributed by atoms with Crippen LogP contribution in [0.5, 0.6) is 11.5 Å². The number of para-hydroxylation sites is 1. The summed E-state index contributed by atoms with van der Waals surface area (Å²) in [5.41, 5.74) is 5.60. The Balaban J connectivity index is 1.74. The van der Waals surface area contributed by atoms with E-state index in [9.17, 15) is 0 Å². The van der Waals surface area contributed by atoms with Crippen molar-refractivity contribution >= 4 is 46.7 Å². The topological polar surface area (TPSA) is 42.8 Å². The van der Waals surface area contributed by atoms with E-state index in [0.717, 1.165) is 16.8 Å². The van der Waals surface area contributed by atoms with Gasteiger partial charge in [-0.15, -0.1) is 0 Å². The number of rotatable bonds is 7. The number of methoxy groups -OCH3 is 1. The van der Waals surface area contributed by atoms with E-state index in [1.807, 2.05) is 48.5 Å². The molecule has 0 bridgehead atoms. The smallest absolute Gasteiger partial charge is 0.157 e. The van der Waals surface area contributed by atoms with Gasteiger partial charge in [0.25, 0.3) is 0 Å². The molecular weight excluding hydrogens is 419 g/mol. The quantitative estimate of drug-likeness (QED) is 0.332. The summed E-state index contributed by atoms with van der Waals surface area (Å²) in [5, 5.41) is 5.40.